The van der Waals surface area contributed by atoms with Gasteiger partial charge in [-0.2, -0.15) is 0 Å². The van der Waals surface area contributed by atoms with Crippen molar-refractivity contribution in [1.29, 1.82) is 0 Å². The summed E-state index contributed by atoms with van der Waals surface area (Å²) < 4.78 is 4.40. The largest absolute Gasteiger partial charge is 0.469 e. The summed E-state index contributed by atoms with van der Waals surface area (Å²) in [6, 6.07) is 0. The summed E-state index contributed by atoms with van der Waals surface area (Å²) in [6.45, 7) is 1.81. The van der Waals surface area contributed by atoms with Gasteiger partial charge >= 0.3 is 5.97 Å². The molecule has 10 heavy (non-hydrogen) atoms. The molecule has 0 heterocycles. The van der Waals surface area contributed by atoms with Crippen LogP contribution in [0.25, 0.3) is 0 Å². The minimum absolute atomic E-state index is 0.0462. The van der Waals surface area contributed by atoms with E-state index in [1.165, 1.54) is 7.11 Å². The Morgan fingerprint density at radius 2 is 2.30 bits per heavy atom. The molecule has 3 nitrogen and oxygen atoms in total. The third-order valence-electron chi connectivity index (χ3n) is 1.17. The molecular weight excluding hydrogens is 132 g/mol. The predicted molar refractivity (Wildman–Crippen MR) is 36.1 cm³/mol. The summed E-state index contributed by atoms with van der Waals surface area (Å²) >= 11 is 0. The van der Waals surface area contributed by atoms with Crippen LogP contribution in [0.15, 0.2) is 0 Å². The maximum absolute atomic E-state index is 10.5. The molecule has 0 amide bonds. The summed E-state index contributed by atoms with van der Waals surface area (Å²) in [5.74, 6) is -0.229. The van der Waals surface area contributed by atoms with Crippen molar-refractivity contribution in [3.63, 3.8) is 0 Å². The minimum Gasteiger partial charge on any atom is -0.469 e. The summed E-state index contributed by atoms with van der Waals surface area (Å²) in [5, 5.41) is 0. The number of rotatable bonds is 4. The Balaban J connectivity index is 3.46. The van der Waals surface area contributed by atoms with Gasteiger partial charge in [0, 0.05) is 12.8 Å². The van der Waals surface area contributed by atoms with E-state index in [0.717, 1.165) is 0 Å². The van der Waals surface area contributed by atoms with E-state index in [9.17, 15) is 9.59 Å². The molecule has 0 spiro atoms. The van der Waals surface area contributed by atoms with E-state index < -0.39 is 0 Å². The molecule has 0 N–H and O–H groups in total. The molecular formula is C7H11O3. The van der Waals surface area contributed by atoms with E-state index in [1.807, 2.05) is 6.92 Å². The molecule has 0 aliphatic rings. The minimum atomic E-state index is -0.275. The van der Waals surface area contributed by atoms with Gasteiger partial charge < -0.3 is 4.74 Å². The molecule has 0 aliphatic carbocycles. The third-order valence-corrected chi connectivity index (χ3v) is 1.17. The zero-order chi connectivity index (χ0) is 7.98. The summed E-state index contributed by atoms with van der Waals surface area (Å²) in [5.41, 5.74) is 0. The fourth-order valence-electron chi connectivity index (χ4n) is 0.582. The normalized spacial score (nSPS) is 12.2. The van der Waals surface area contributed by atoms with Crippen molar-refractivity contribution in [3.05, 3.63) is 0 Å². The number of carbonyl (C=O) groups is 1. The van der Waals surface area contributed by atoms with Crippen LogP contribution in [0, 0.1) is 5.92 Å². The summed E-state index contributed by atoms with van der Waals surface area (Å²) in [6.07, 6.45) is 2.34. The van der Waals surface area contributed by atoms with Crippen LogP contribution in [-0.4, -0.2) is 19.4 Å². The average Bonchev–Trinajstić information content (AvgIpc) is 1.88. The predicted octanol–water partition coefficient (Wildman–Crippen LogP) is 0.685. The first-order valence-electron chi connectivity index (χ1n) is 3.12. The van der Waals surface area contributed by atoms with Gasteiger partial charge in [0.15, 0.2) is 6.29 Å². The van der Waals surface area contributed by atoms with Crippen LogP contribution in [0.4, 0.5) is 0 Å². The van der Waals surface area contributed by atoms with Crippen molar-refractivity contribution in [2.45, 2.75) is 19.8 Å². The van der Waals surface area contributed by atoms with Crippen molar-refractivity contribution in [1.82, 2.24) is 0 Å². The van der Waals surface area contributed by atoms with E-state index >= 15 is 0 Å². The molecule has 1 unspecified atom stereocenters. The van der Waals surface area contributed by atoms with E-state index in [0.29, 0.717) is 12.8 Å². The number of hydrogen-bond acceptors (Lipinski definition) is 3. The van der Waals surface area contributed by atoms with Gasteiger partial charge in [-0.1, -0.05) is 6.92 Å². The van der Waals surface area contributed by atoms with Gasteiger partial charge in [-0.3, -0.25) is 9.59 Å². The summed E-state index contributed by atoms with van der Waals surface area (Å²) in [4.78, 5) is 20.4. The lowest BCUT2D eigenvalue weighted by molar-refractivity contribution is -0.141. The molecule has 0 bridgehead atoms. The maximum Gasteiger partial charge on any atom is 0.305 e. The van der Waals surface area contributed by atoms with Crippen LogP contribution in [-0.2, 0) is 14.3 Å². The van der Waals surface area contributed by atoms with Crippen LogP contribution in [0.5, 0.6) is 0 Å². The summed E-state index contributed by atoms with van der Waals surface area (Å²) in [7, 11) is 1.33. The van der Waals surface area contributed by atoms with Crippen LogP contribution in [0.1, 0.15) is 19.8 Å². The highest BCUT2D eigenvalue weighted by Gasteiger charge is 2.07. The van der Waals surface area contributed by atoms with Crippen molar-refractivity contribution in [2.24, 2.45) is 5.92 Å². The van der Waals surface area contributed by atoms with E-state index in [-0.39, 0.29) is 11.9 Å². The molecule has 0 saturated carbocycles. The Bertz CT molecular complexity index is 120. The van der Waals surface area contributed by atoms with Crippen molar-refractivity contribution in [2.75, 3.05) is 7.11 Å². The van der Waals surface area contributed by atoms with E-state index in [1.54, 1.807) is 6.29 Å². The Hall–Kier alpha value is -0.860. The van der Waals surface area contributed by atoms with E-state index in [4.69, 9.17) is 0 Å². The van der Waals surface area contributed by atoms with Gasteiger partial charge in [0.2, 0.25) is 0 Å². The lowest BCUT2D eigenvalue weighted by Crippen LogP contribution is -2.07. The topological polar surface area (TPSA) is 43.4 Å². The molecule has 0 aliphatic heterocycles. The Morgan fingerprint density at radius 1 is 1.70 bits per heavy atom. The molecule has 0 fully saturated rings. The highest BCUT2D eigenvalue weighted by molar-refractivity contribution is 5.69. The fraction of sp³-hybridized carbons (Fsp3) is 0.714. The second-order valence-corrected chi connectivity index (χ2v) is 2.23. The van der Waals surface area contributed by atoms with Crippen LogP contribution >= 0.6 is 0 Å². The first kappa shape index (κ1) is 9.14. The maximum atomic E-state index is 10.5. The molecule has 1 radical (unpaired) electrons. The second kappa shape index (κ2) is 4.97. The van der Waals surface area contributed by atoms with Gasteiger partial charge in [-0.05, 0) is 5.92 Å². The van der Waals surface area contributed by atoms with Crippen LogP contribution in [0.3, 0.4) is 0 Å². The molecule has 0 aromatic rings. The van der Waals surface area contributed by atoms with Crippen molar-refractivity contribution >= 4 is 12.3 Å². The van der Waals surface area contributed by atoms with Gasteiger partial charge in [0.1, 0.15) is 0 Å². The van der Waals surface area contributed by atoms with Crippen LogP contribution < -0.4 is 0 Å². The lowest BCUT2D eigenvalue weighted by atomic mass is 10.1. The number of carbonyl (C=O) groups excluding carboxylic acids is 2. The molecule has 0 rings (SSSR count). The zero-order valence-electron chi connectivity index (χ0n) is 6.22. The fourth-order valence-corrected chi connectivity index (χ4v) is 0.582. The van der Waals surface area contributed by atoms with Gasteiger partial charge in [0.25, 0.3) is 0 Å². The SMILES string of the molecule is COC(=O)CC(C)C[C]=O. The van der Waals surface area contributed by atoms with Crippen LogP contribution in [0.2, 0.25) is 0 Å². The first-order chi connectivity index (χ1) is 4.70. The molecule has 0 aromatic heterocycles. The van der Waals surface area contributed by atoms with Gasteiger partial charge in [0.05, 0.1) is 7.11 Å². The Labute approximate surface area is 60.4 Å². The molecule has 0 aromatic carbocycles. The number of methoxy groups -OCH3 is 1. The average molecular weight is 143 g/mol. The molecule has 1 atom stereocenters. The monoisotopic (exact) mass is 143 g/mol. The zero-order valence-corrected chi connectivity index (χ0v) is 6.22. The van der Waals surface area contributed by atoms with Gasteiger partial charge in [-0.25, -0.2) is 0 Å². The second-order valence-electron chi connectivity index (χ2n) is 2.23. The Morgan fingerprint density at radius 3 is 2.70 bits per heavy atom. The third kappa shape index (κ3) is 4.06. The standard InChI is InChI=1S/C7H11O3/c1-6(3-4-8)5-7(9)10-2/h6H,3,5H2,1-2H3. The van der Waals surface area contributed by atoms with Crippen molar-refractivity contribution in [3.8, 4) is 0 Å². The first-order valence-corrected chi connectivity index (χ1v) is 3.12. The molecule has 57 valence electrons. The highest BCUT2D eigenvalue weighted by atomic mass is 16.5. The lowest BCUT2D eigenvalue weighted by Gasteiger charge is -2.03. The van der Waals surface area contributed by atoms with Crippen molar-refractivity contribution < 1.29 is 14.3 Å². The molecule has 0 saturated heterocycles. The quantitative estimate of drug-likeness (QED) is 0.544. The number of ether oxygens (including phenoxy) is 1. The Kier molecular flexibility index (Phi) is 4.54. The number of esters is 1. The molecule has 3 heteroatoms. The highest BCUT2D eigenvalue weighted by Crippen LogP contribution is 2.05. The smallest absolute Gasteiger partial charge is 0.305 e. The van der Waals surface area contributed by atoms with E-state index in [2.05, 4.69) is 4.74 Å². The number of hydrogen-bond donors (Lipinski definition) is 0. The van der Waals surface area contributed by atoms with Gasteiger partial charge in [-0.15, -0.1) is 0 Å².